The van der Waals surface area contributed by atoms with Gasteiger partial charge in [0.25, 0.3) is 5.91 Å². The summed E-state index contributed by atoms with van der Waals surface area (Å²) >= 11 is 5.93. The van der Waals surface area contributed by atoms with Crippen molar-refractivity contribution in [3.63, 3.8) is 0 Å². The van der Waals surface area contributed by atoms with Gasteiger partial charge in [-0.15, -0.1) is 0 Å². The number of methoxy groups -OCH3 is 3. The molecule has 0 spiro atoms. The van der Waals surface area contributed by atoms with Crippen molar-refractivity contribution < 1.29 is 19.0 Å². The molecule has 0 unspecified atom stereocenters. The van der Waals surface area contributed by atoms with E-state index in [1.165, 1.54) is 0 Å². The molecule has 160 valence electrons. The zero-order valence-corrected chi connectivity index (χ0v) is 18.0. The van der Waals surface area contributed by atoms with Crippen molar-refractivity contribution in [2.45, 2.75) is 6.54 Å². The lowest BCUT2D eigenvalue weighted by Crippen LogP contribution is -2.22. The monoisotopic (exact) mass is 440 g/mol. The van der Waals surface area contributed by atoms with Crippen LogP contribution in [0.15, 0.2) is 48.8 Å². The molecule has 2 aromatic carbocycles. The van der Waals surface area contributed by atoms with E-state index >= 15 is 0 Å². The minimum atomic E-state index is -0.265. The van der Waals surface area contributed by atoms with Crippen LogP contribution in [0.5, 0.6) is 17.2 Å². The number of carbonyl (C=O) groups excluding carboxylic acids is 1. The SMILES string of the molecule is COc1cc(OC)c2cc(C(=O)NCc3cnn(-c4ccc(Cl)cc4)c3)[nH]c2c1OC. The smallest absolute Gasteiger partial charge is 0.268 e. The molecule has 0 fully saturated rings. The first kappa shape index (κ1) is 20.6. The van der Waals surface area contributed by atoms with Crippen molar-refractivity contribution in [3.8, 4) is 22.9 Å². The van der Waals surface area contributed by atoms with Crippen LogP contribution in [0.4, 0.5) is 0 Å². The number of halogens is 1. The molecule has 31 heavy (non-hydrogen) atoms. The minimum absolute atomic E-state index is 0.265. The Hall–Kier alpha value is -3.65. The van der Waals surface area contributed by atoms with Gasteiger partial charge in [-0.3, -0.25) is 4.79 Å². The fourth-order valence-electron chi connectivity index (χ4n) is 3.32. The number of aromatic nitrogens is 3. The summed E-state index contributed by atoms with van der Waals surface area (Å²) < 4.78 is 18.0. The Kier molecular flexibility index (Phi) is 5.73. The molecule has 2 aromatic heterocycles. The number of rotatable bonds is 7. The van der Waals surface area contributed by atoms with Crippen LogP contribution in [0.25, 0.3) is 16.6 Å². The summed E-state index contributed by atoms with van der Waals surface area (Å²) in [7, 11) is 4.65. The average Bonchev–Trinajstić information content (AvgIpc) is 3.44. The Morgan fingerprint density at radius 1 is 1.10 bits per heavy atom. The van der Waals surface area contributed by atoms with E-state index in [1.54, 1.807) is 56.5 Å². The predicted molar refractivity (Wildman–Crippen MR) is 118 cm³/mol. The maximum Gasteiger partial charge on any atom is 0.268 e. The van der Waals surface area contributed by atoms with E-state index < -0.39 is 0 Å². The maximum absolute atomic E-state index is 12.8. The van der Waals surface area contributed by atoms with E-state index in [1.807, 2.05) is 18.3 Å². The van der Waals surface area contributed by atoms with E-state index in [9.17, 15) is 4.79 Å². The molecule has 0 aliphatic carbocycles. The van der Waals surface area contributed by atoms with Crippen molar-refractivity contribution in [2.24, 2.45) is 0 Å². The van der Waals surface area contributed by atoms with Gasteiger partial charge in [-0.25, -0.2) is 4.68 Å². The highest BCUT2D eigenvalue weighted by Gasteiger charge is 2.19. The highest BCUT2D eigenvalue weighted by atomic mass is 35.5. The summed E-state index contributed by atoms with van der Waals surface area (Å²) in [5.74, 6) is 1.32. The number of aromatic amines is 1. The van der Waals surface area contributed by atoms with Crippen LogP contribution in [0.2, 0.25) is 5.02 Å². The van der Waals surface area contributed by atoms with E-state index in [4.69, 9.17) is 25.8 Å². The number of amides is 1. The van der Waals surface area contributed by atoms with Gasteiger partial charge < -0.3 is 24.5 Å². The Morgan fingerprint density at radius 2 is 1.84 bits per heavy atom. The Balaban J connectivity index is 1.53. The molecule has 0 saturated heterocycles. The molecule has 4 aromatic rings. The van der Waals surface area contributed by atoms with Crippen LogP contribution < -0.4 is 19.5 Å². The zero-order valence-electron chi connectivity index (χ0n) is 17.2. The predicted octanol–water partition coefficient (Wildman–Crippen LogP) is 3.96. The fourth-order valence-corrected chi connectivity index (χ4v) is 3.45. The molecule has 1 amide bonds. The molecular weight excluding hydrogens is 420 g/mol. The van der Waals surface area contributed by atoms with E-state index in [2.05, 4.69) is 15.4 Å². The molecule has 0 saturated carbocycles. The lowest BCUT2D eigenvalue weighted by atomic mass is 10.2. The number of carbonyl (C=O) groups is 1. The van der Waals surface area contributed by atoms with Gasteiger partial charge in [-0.1, -0.05) is 11.6 Å². The maximum atomic E-state index is 12.8. The summed E-state index contributed by atoms with van der Waals surface area (Å²) in [6.07, 6.45) is 3.56. The summed E-state index contributed by atoms with van der Waals surface area (Å²) in [5, 5.41) is 8.61. The van der Waals surface area contributed by atoms with Crippen LogP contribution in [0.1, 0.15) is 16.1 Å². The van der Waals surface area contributed by atoms with Gasteiger partial charge in [-0.05, 0) is 30.3 Å². The van der Waals surface area contributed by atoms with Crippen molar-refractivity contribution in [2.75, 3.05) is 21.3 Å². The second-order valence-corrected chi connectivity index (χ2v) is 7.17. The van der Waals surface area contributed by atoms with Gasteiger partial charge in [0.15, 0.2) is 11.5 Å². The zero-order chi connectivity index (χ0) is 22.0. The largest absolute Gasteiger partial charge is 0.496 e. The first-order valence-corrected chi connectivity index (χ1v) is 9.81. The van der Waals surface area contributed by atoms with Gasteiger partial charge in [0.05, 0.1) is 38.7 Å². The van der Waals surface area contributed by atoms with Gasteiger partial charge >= 0.3 is 0 Å². The summed E-state index contributed by atoms with van der Waals surface area (Å²) in [4.78, 5) is 15.9. The lowest BCUT2D eigenvalue weighted by molar-refractivity contribution is 0.0946. The van der Waals surface area contributed by atoms with Gasteiger partial charge in [-0.2, -0.15) is 5.10 Å². The molecule has 0 aliphatic heterocycles. The molecule has 8 nitrogen and oxygen atoms in total. The number of hydrogen-bond acceptors (Lipinski definition) is 5. The van der Waals surface area contributed by atoms with Crippen LogP contribution in [0, 0.1) is 0 Å². The number of nitrogens with zero attached hydrogens (tertiary/aromatic N) is 2. The van der Waals surface area contributed by atoms with E-state index in [0.717, 1.165) is 16.6 Å². The first-order chi connectivity index (χ1) is 15.0. The average molecular weight is 441 g/mol. The molecule has 2 N–H and O–H groups in total. The Morgan fingerprint density at radius 3 is 2.52 bits per heavy atom. The number of fused-ring (bicyclic) bond motifs is 1. The number of benzene rings is 2. The highest BCUT2D eigenvalue weighted by Crippen LogP contribution is 2.41. The summed E-state index contributed by atoms with van der Waals surface area (Å²) in [5.41, 5.74) is 2.74. The topological polar surface area (TPSA) is 90.4 Å². The van der Waals surface area contributed by atoms with Crippen LogP contribution >= 0.6 is 11.6 Å². The normalized spacial score (nSPS) is 10.8. The van der Waals surface area contributed by atoms with Gasteiger partial charge in [0.1, 0.15) is 11.4 Å². The fraction of sp³-hybridized carbons (Fsp3) is 0.182. The van der Waals surface area contributed by atoms with Crippen LogP contribution in [-0.4, -0.2) is 42.0 Å². The third-order valence-electron chi connectivity index (χ3n) is 4.87. The van der Waals surface area contributed by atoms with Crippen molar-refractivity contribution >= 4 is 28.4 Å². The molecule has 2 heterocycles. The third kappa shape index (κ3) is 4.02. The van der Waals surface area contributed by atoms with Gasteiger partial charge in [0.2, 0.25) is 0 Å². The van der Waals surface area contributed by atoms with E-state index in [0.29, 0.717) is 40.0 Å². The first-order valence-electron chi connectivity index (χ1n) is 9.43. The Labute approximate surface area is 183 Å². The minimum Gasteiger partial charge on any atom is -0.496 e. The number of ether oxygens (including phenoxy) is 3. The van der Waals surface area contributed by atoms with Gasteiger partial charge in [0, 0.05) is 34.8 Å². The van der Waals surface area contributed by atoms with E-state index in [-0.39, 0.29) is 5.91 Å². The summed E-state index contributed by atoms with van der Waals surface area (Å²) in [6, 6.07) is 10.8. The van der Waals surface area contributed by atoms with Crippen molar-refractivity contribution in [1.29, 1.82) is 0 Å². The molecular formula is C22H21ClN4O4. The lowest BCUT2D eigenvalue weighted by Gasteiger charge is -2.11. The highest BCUT2D eigenvalue weighted by molar-refractivity contribution is 6.30. The second-order valence-electron chi connectivity index (χ2n) is 6.74. The molecule has 0 aliphatic rings. The number of nitrogens with one attached hydrogen (secondary N) is 2. The van der Waals surface area contributed by atoms with Crippen molar-refractivity contribution in [3.05, 3.63) is 65.1 Å². The van der Waals surface area contributed by atoms with Crippen LogP contribution in [0.3, 0.4) is 0 Å². The molecule has 0 bridgehead atoms. The standard InChI is InChI=1S/C22H21ClN4O4/c1-29-18-9-19(30-2)21(31-3)20-16(18)8-17(26-20)22(28)24-10-13-11-25-27(12-13)15-6-4-14(23)5-7-15/h4-9,11-12,26H,10H2,1-3H3,(H,24,28). The molecule has 0 atom stereocenters. The third-order valence-corrected chi connectivity index (χ3v) is 5.12. The quantitative estimate of drug-likeness (QED) is 0.454. The second kappa shape index (κ2) is 8.61. The van der Waals surface area contributed by atoms with Crippen molar-refractivity contribution in [1.82, 2.24) is 20.1 Å². The number of H-pyrrole nitrogens is 1. The Bertz CT molecular complexity index is 1230. The number of hydrogen-bond donors (Lipinski definition) is 2. The molecule has 9 heteroatoms. The molecule has 4 rings (SSSR count). The summed E-state index contributed by atoms with van der Waals surface area (Å²) in [6.45, 7) is 0.319. The molecule has 0 radical (unpaired) electrons. The van der Waals surface area contributed by atoms with Crippen LogP contribution in [-0.2, 0) is 6.54 Å².